The van der Waals surface area contributed by atoms with Gasteiger partial charge in [0.2, 0.25) is 5.91 Å². The van der Waals surface area contributed by atoms with Gasteiger partial charge in [0, 0.05) is 41.5 Å². The van der Waals surface area contributed by atoms with Crippen molar-refractivity contribution in [3.8, 4) is 0 Å². The van der Waals surface area contributed by atoms with Gasteiger partial charge < -0.3 is 9.88 Å². The molecule has 2 aromatic carbocycles. The molecule has 29 heavy (non-hydrogen) atoms. The Labute approximate surface area is 176 Å². The molecule has 0 radical (unpaired) electrons. The van der Waals surface area contributed by atoms with Gasteiger partial charge in [-0.05, 0) is 48.4 Å². The van der Waals surface area contributed by atoms with Crippen LogP contribution in [0.1, 0.15) is 28.0 Å². The van der Waals surface area contributed by atoms with Gasteiger partial charge in [0.05, 0.1) is 0 Å². The van der Waals surface area contributed by atoms with Crippen LogP contribution < -0.4 is 5.32 Å². The number of nitrogens with one attached hydrogen (secondary N) is 1. The minimum absolute atomic E-state index is 0.122. The van der Waals surface area contributed by atoms with Crippen LogP contribution in [0.2, 0.25) is 0 Å². The van der Waals surface area contributed by atoms with Gasteiger partial charge in [-0.25, -0.2) is 0 Å². The topological polar surface area (TPSA) is 34.0 Å². The number of amides is 1. The summed E-state index contributed by atoms with van der Waals surface area (Å²) in [6.07, 6.45) is 4.39. The predicted molar refractivity (Wildman–Crippen MR) is 122 cm³/mol. The number of fused-ring (bicyclic) bond motifs is 1. The van der Waals surface area contributed by atoms with Crippen LogP contribution in [0, 0.1) is 6.92 Å². The Morgan fingerprint density at radius 1 is 1.00 bits per heavy atom. The van der Waals surface area contributed by atoms with Crippen molar-refractivity contribution in [2.45, 2.75) is 32.7 Å². The smallest absolute Gasteiger partial charge is 0.220 e. The first-order chi connectivity index (χ1) is 14.2. The number of rotatable bonds is 8. The second kappa shape index (κ2) is 9.10. The van der Waals surface area contributed by atoms with Crippen molar-refractivity contribution in [2.75, 3.05) is 6.54 Å². The average Bonchev–Trinajstić information content (AvgIpc) is 3.37. The Morgan fingerprint density at radius 3 is 2.62 bits per heavy atom. The zero-order valence-electron chi connectivity index (χ0n) is 16.7. The van der Waals surface area contributed by atoms with E-state index < -0.39 is 0 Å². The lowest BCUT2D eigenvalue weighted by molar-refractivity contribution is -0.121. The first-order valence-corrected chi connectivity index (χ1v) is 11.0. The number of hydrogen-bond acceptors (Lipinski definition) is 2. The molecular weight excluding hydrogens is 376 g/mol. The first-order valence-electron chi connectivity index (χ1n) is 10.1. The Balaban J connectivity index is 1.40. The molecule has 4 aromatic rings. The van der Waals surface area contributed by atoms with Crippen LogP contribution >= 0.6 is 11.3 Å². The molecule has 0 saturated carbocycles. The van der Waals surface area contributed by atoms with Gasteiger partial charge in [0.25, 0.3) is 0 Å². The maximum Gasteiger partial charge on any atom is 0.220 e. The third kappa shape index (κ3) is 4.96. The van der Waals surface area contributed by atoms with E-state index in [0.717, 1.165) is 19.4 Å². The number of para-hydroxylation sites is 1. The number of thiophene rings is 1. The van der Waals surface area contributed by atoms with Crippen molar-refractivity contribution in [1.82, 2.24) is 9.88 Å². The zero-order valence-corrected chi connectivity index (χ0v) is 17.5. The highest BCUT2D eigenvalue weighted by Crippen LogP contribution is 2.23. The van der Waals surface area contributed by atoms with Crippen molar-refractivity contribution in [2.24, 2.45) is 0 Å². The largest absolute Gasteiger partial charge is 0.356 e. The number of hydrogen-bond donors (Lipinski definition) is 1. The van der Waals surface area contributed by atoms with Gasteiger partial charge in [0.15, 0.2) is 0 Å². The number of aromatic nitrogens is 1. The Kier molecular flexibility index (Phi) is 6.11. The minimum Gasteiger partial charge on any atom is -0.356 e. The summed E-state index contributed by atoms with van der Waals surface area (Å²) >= 11 is 1.74. The van der Waals surface area contributed by atoms with Crippen LogP contribution in [0.4, 0.5) is 0 Å². The maximum atomic E-state index is 12.3. The summed E-state index contributed by atoms with van der Waals surface area (Å²) in [5, 5.41) is 6.37. The molecule has 2 heterocycles. The minimum atomic E-state index is 0.122. The molecule has 0 aliphatic carbocycles. The average molecular weight is 403 g/mol. The molecule has 1 N–H and O–H groups in total. The molecule has 0 spiro atoms. The van der Waals surface area contributed by atoms with Crippen LogP contribution in [-0.4, -0.2) is 17.0 Å². The maximum absolute atomic E-state index is 12.3. The predicted octanol–water partition coefficient (Wildman–Crippen LogP) is 5.35. The van der Waals surface area contributed by atoms with Crippen molar-refractivity contribution >= 4 is 28.1 Å². The van der Waals surface area contributed by atoms with Gasteiger partial charge in [-0.1, -0.05) is 54.1 Å². The van der Waals surface area contributed by atoms with Gasteiger partial charge in [0.1, 0.15) is 0 Å². The third-order valence-corrected chi connectivity index (χ3v) is 6.18. The highest BCUT2D eigenvalue weighted by Gasteiger charge is 2.10. The van der Waals surface area contributed by atoms with Crippen molar-refractivity contribution < 1.29 is 4.79 Å². The van der Waals surface area contributed by atoms with E-state index >= 15 is 0 Å². The van der Waals surface area contributed by atoms with Gasteiger partial charge in [-0.3, -0.25) is 4.79 Å². The van der Waals surface area contributed by atoms with E-state index in [9.17, 15) is 4.79 Å². The number of aryl methyl sites for hydroxylation is 2. The number of carbonyl (C=O) groups excluding carboxylic acids is 1. The molecule has 4 heteroatoms. The second-order valence-electron chi connectivity index (χ2n) is 7.46. The van der Waals surface area contributed by atoms with Crippen LogP contribution in [0.5, 0.6) is 0 Å². The summed E-state index contributed by atoms with van der Waals surface area (Å²) in [4.78, 5) is 13.6. The molecule has 4 rings (SSSR count). The summed E-state index contributed by atoms with van der Waals surface area (Å²) in [5.74, 6) is 0.122. The molecule has 0 fully saturated rings. The lowest BCUT2D eigenvalue weighted by Crippen LogP contribution is -2.25. The molecule has 3 nitrogen and oxygen atoms in total. The Hall–Kier alpha value is -2.85. The lowest BCUT2D eigenvalue weighted by atomic mass is 10.1. The molecule has 0 saturated heterocycles. The Bertz CT molecular complexity index is 1080. The van der Waals surface area contributed by atoms with Gasteiger partial charge in [-0.2, -0.15) is 0 Å². The fourth-order valence-corrected chi connectivity index (χ4v) is 4.37. The molecule has 0 atom stereocenters. The normalized spacial score (nSPS) is 11.1. The zero-order chi connectivity index (χ0) is 20.1. The van der Waals surface area contributed by atoms with Crippen LogP contribution in [-0.2, 0) is 24.2 Å². The fraction of sp³-hybridized carbons (Fsp3) is 0.240. The summed E-state index contributed by atoms with van der Waals surface area (Å²) in [6.45, 7) is 3.65. The molecule has 0 aliphatic heterocycles. The molecule has 0 unspecified atom stereocenters. The second-order valence-corrected chi connectivity index (χ2v) is 8.50. The van der Waals surface area contributed by atoms with E-state index in [1.54, 1.807) is 11.3 Å². The van der Waals surface area contributed by atoms with Crippen molar-refractivity contribution in [3.63, 3.8) is 0 Å². The molecule has 1 amide bonds. The first kappa shape index (κ1) is 19.5. The summed E-state index contributed by atoms with van der Waals surface area (Å²) < 4.78 is 2.30. The van der Waals surface area contributed by atoms with Gasteiger partial charge in [-0.15, -0.1) is 11.3 Å². The van der Waals surface area contributed by atoms with E-state index in [1.807, 2.05) is 6.07 Å². The van der Waals surface area contributed by atoms with E-state index in [1.165, 1.54) is 32.5 Å². The number of benzene rings is 2. The summed E-state index contributed by atoms with van der Waals surface area (Å²) in [5.41, 5.74) is 5.02. The van der Waals surface area contributed by atoms with Crippen molar-refractivity contribution in [3.05, 3.63) is 93.8 Å². The van der Waals surface area contributed by atoms with E-state index in [4.69, 9.17) is 0 Å². The van der Waals surface area contributed by atoms with Gasteiger partial charge >= 0.3 is 0 Å². The van der Waals surface area contributed by atoms with E-state index in [2.05, 4.69) is 83.0 Å². The molecular formula is C25H26N2OS. The monoisotopic (exact) mass is 402 g/mol. The molecule has 0 aliphatic rings. The Morgan fingerprint density at radius 2 is 1.83 bits per heavy atom. The van der Waals surface area contributed by atoms with Crippen LogP contribution in [0.3, 0.4) is 0 Å². The van der Waals surface area contributed by atoms with E-state index in [-0.39, 0.29) is 5.91 Å². The fourth-order valence-electron chi connectivity index (χ4n) is 3.66. The molecule has 2 aromatic heterocycles. The molecule has 0 bridgehead atoms. The highest BCUT2D eigenvalue weighted by atomic mass is 32.1. The van der Waals surface area contributed by atoms with Crippen LogP contribution in [0.25, 0.3) is 10.9 Å². The van der Waals surface area contributed by atoms with Crippen LogP contribution in [0.15, 0.2) is 72.2 Å². The summed E-state index contributed by atoms with van der Waals surface area (Å²) in [6, 6.07) is 21.3. The third-order valence-electron chi connectivity index (χ3n) is 5.24. The SMILES string of the molecule is Cc1ccc(Cn2cc(CCC(=O)NCCc3cccs3)c3ccccc32)cc1. The summed E-state index contributed by atoms with van der Waals surface area (Å²) in [7, 11) is 0. The van der Waals surface area contributed by atoms with E-state index in [0.29, 0.717) is 13.0 Å². The standard InChI is InChI=1S/C25H26N2OS/c1-19-8-10-20(11-9-19)17-27-18-21(23-6-2-3-7-24(23)27)12-13-25(28)26-15-14-22-5-4-16-29-22/h2-11,16,18H,12-15,17H2,1H3,(H,26,28). The lowest BCUT2D eigenvalue weighted by Gasteiger charge is -2.06. The number of nitrogens with zero attached hydrogens (tertiary/aromatic N) is 1. The quantitative estimate of drug-likeness (QED) is 0.423. The van der Waals surface area contributed by atoms with Crippen molar-refractivity contribution in [1.29, 1.82) is 0 Å². The molecule has 148 valence electrons. The number of carbonyl (C=O) groups is 1. The highest BCUT2D eigenvalue weighted by molar-refractivity contribution is 7.09.